The number of benzene rings is 2. The zero-order valence-electron chi connectivity index (χ0n) is 11.1. The summed E-state index contributed by atoms with van der Waals surface area (Å²) in [5, 5.41) is 2.98. The van der Waals surface area contributed by atoms with Gasteiger partial charge in [-0.25, -0.2) is 13.2 Å². The van der Waals surface area contributed by atoms with Crippen LogP contribution in [-0.4, -0.2) is 7.05 Å². The Bertz CT molecular complexity index is 616. The first-order chi connectivity index (χ1) is 9.51. The van der Waals surface area contributed by atoms with Gasteiger partial charge < -0.3 is 10.1 Å². The molecule has 0 aliphatic heterocycles. The molecule has 2 aromatic rings. The van der Waals surface area contributed by atoms with Crippen molar-refractivity contribution in [1.82, 2.24) is 5.32 Å². The highest BCUT2D eigenvalue weighted by atomic mass is 19.1. The van der Waals surface area contributed by atoms with Crippen LogP contribution in [0.15, 0.2) is 36.4 Å². The van der Waals surface area contributed by atoms with Crippen LogP contribution in [-0.2, 0) is 0 Å². The average molecular weight is 281 g/mol. The minimum atomic E-state index is -0.878. The fourth-order valence-corrected chi connectivity index (χ4v) is 1.71. The van der Waals surface area contributed by atoms with E-state index in [1.807, 2.05) is 6.92 Å². The molecule has 0 aliphatic carbocycles. The number of hydrogen-bond donors (Lipinski definition) is 1. The van der Waals surface area contributed by atoms with E-state index < -0.39 is 17.5 Å². The molecule has 0 bridgehead atoms. The second kappa shape index (κ2) is 5.96. The van der Waals surface area contributed by atoms with Gasteiger partial charge in [-0.2, -0.15) is 0 Å². The number of rotatable bonds is 4. The van der Waals surface area contributed by atoms with Crippen molar-refractivity contribution in [3.05, 3.63) is 59.4 Å². The number of hydrogen-bond acceptors (Lipinski definition) is 2. The molecule has 0 saturated heterocycles. The van der Waals surface area contributed by atoms with Crippen molar-refractivity contribution in [3.8, 4) is 11.5 Å². The van der Waals surface area contributed by atoms with Crippen LogP contribution >= 0.6 is 0 Å². The van der Waals surface area contributed by atoms with Gasteiger partial charge in [0.1, 0.15) is 5.82 Å². The highest BCUT2D eigenvalue weighted by Crippen LogP contribution is 2.28. The molecule has 106 valence electrons. The van der Waals surface area contributed by atoms with Crippen molar-refractivity contribution in [2.24, 2.45) is 0 Å². The molecule has 2 nitrogen and oxygen atoms in total. The fraction of sp³-hybridized carbons (Fsp3) is 0.200. The van der Waals surface area contributed by atoms with E-state index in [2.05, 4.69) is 5.32 Å². The van der Waals surface area contributed by atoms with Crippen molar-refractivity contribution >= 4 is 0 Å². The molecule has 1 N–H and O–H groups in total. The van der Waals surface area contributed by atoms with Gasteiger partial charge in [0, 0.05) is 12.1 Å². The van der Waals surface area contributed by atoms with E-state index >= 15 is 0 Å². The molecule has 0 radical (unpaired) electrons. The third kappa shape index (κ3) is 3.11. The summed E-state index contributed by atoms with van der Waals surface area (Å²) in [7, 11) is 1.76. The molecule has 0 aromatic heterocycles. The van der Waals surface area contributed by atoms with Crippen LogP contribution in [0.1, 0.15) is 18.5 Å². The minimum Gasteiger partial charge on any atom is -0.451 e. The lowest BCUT2D eigenvalue weighted by Crippen LogP contribution is -2.12. The number of halogens is 3. The van der Waals surface area contributed by atoms with Crippen LogP contribution in [0.25, 0.3) is 0 Å². The Labute approximate surface area is 115 Å². The van der Waals surface area contributed by atoms with Crippen molar-refractivity contribution in [2.75, 3.05) is 7.05 Å². The van der Waals surface area contributed by atoms with Crippen LogP contribution in [0.4, 0.5) is 13.2 Å². The molecule has 0 amide bonds. The summed E-state index contributed by atoms with van der Waals surface area (Å²) in [5.74, 6) is -2.53. The Morgan fingerprint density at radius 3 is 2.10 bits per heavy atom. The maximum atomic E-state index is 13.9. The van der Waals surface area contributed by atoms with Gasteiger partial charge in [0.05, 0.1) is 0 Å². The van der Waals surface area contributed by atoms with E-state index in [0.717, 1.165) is 17.7 Å². The summed E-state index contributed by atoms with van der Waals surface area (Å²) in [6.45, 7) is 1.88. The summed E-state index contributed by atoms with van der Waals surface area (Å²) >= 11 is 0. The largest absolute Gasteiger partial charge is 0.451 e. The molecule has 5 heteroatoms. The second-order valence-corrected chi connectivity index (χ2v) is 4.38. The quantitative estimate of drug-likeness (QED) is 0.908. The molecule has 2 aromatic carbocycles. The van der Waals surface area contributed by atoms with Crippen molar-refractivity contribution in [1.29, 1.82) is 0 Å². The van der Waals surface area contributed by atoms with Crippen LogP contribution in [0.3, 0.4) is 0 Å². The Balaban J connectivity index is 2.25. The third-order valence-electron chi connectivity index (χ3n) is 3.00. The second-order valence-electron chi connectivity index (χ2n) is 4.38. The Hall–Kier alpha value is -2.01. The van der Waals surface area contributed by atoms with E-state index in [9.17, 15) is 13.2 Å². The van der Waals surface area contributed by atoms with E-state index in [0.29, 0.717) is 6.07 Å². The van der Waals surface area contributed by atoms with Crippen LogP contribution in [0.2, 0.25) is 0 Å². The number of nitrogens with one attached hydrogen (secondary N) is 1. The summed E-state index contributed by atoms with van der Waals surface area (Å²) < 4.78 is 45.2. The molecule has 0 saturated carbocycles. The van der Waals surface area contributed by atoms with Gasteiger partial charge in [-0.15, -0.1) is 0 Å². The zero-order valence-corrected chi connectivity index (χ0v) is 11.1. The summed E-state index contributed by atoms with van der Waals surface area (Å²) in [6, 6.07) is 7.26. The van der Waals surface area contributed by atoms with Gasteiger partial charge in [0.25, 0.3) is 0 Å². The number of ether oxygens (including phenoxy) is 1. The zero-order chi connectivity index (χ0) is 14.7. The summed E-state index contributed by atoms with van der Waals surface area (Å²) in [5.41, 5.74) is 0.747. The molecule has 0 fully saturated rings. The normalized spacial score (nSPS) is 12.2. The first kappa shape index (κ1) is 14.4. The molecule has 20 heavy (non-hydrogen) atoms. The highest BCUT2D eigenvalue weighted by molar-refractivity contribution is 5.36. The van der Waals surface area contributed by atoms with Crippen molar-refractivity contribution < 1.29 is 17.9 Å². The lowest BCUT2D eigenvalue weighted by molar-refractivity contribution is 0.411. The molecule has 1 atom stereocenters. The van der Waals surface area contributed by atoms with Crippen molar-refractivity contribution in [3.63, 3.8) is 0 Å². The minimum absolute atomic E-state index is 0.0129. The predicted molar refractivity (Wildman–Crippen MR) is 70.3 cm³/mol. The van der Waals surface area contributed by atoms with Crippen molar-refractivity contribution in [2.45, 2.75) is 13.0 Å². The Kier molecular flexibility index (Phi) is 4.29. The topological polar surface area (TPSA) is 21.3 Å². The Morgan fingerprint density at radius 2 is 1.55 bits per heavy atom. The summed E-state index contributed by atoms with van der Waals surface area (Å²) in [4.78, 5) is 0. The molecule has 1 unspecified atom stereocenters. The predicted octanol–water partition coefficient (Wildman–Crippen LogP) is 4.18. The van der Waals surface area contributed by atoms with Gasteiger partial charge in [0.15, 0.2) is 23.1 Å². The molecule has 2 rings (SSSR count). The molecule has 0 spiro atoms. The first-order valence-corrected chi connectivity index (χ1v) is 6.11. The molecular formula is C15H14F3NO. The van der Waals surface area contributed by atoms with E-state index in [1.165, 1.54) is 12.1 Å². The van der Waals surface area contributed by atoms with Gasteiger partial charge in [-0.05, 0) is 43.8 Å². The van der Waals surface area contributed by atoms with Crippen LogP contribution in [0, 0.1) is 17.5 Å². The molecule has 0 heterocycles. The smallest absolute Gasteiger partial charge is 0.168 e. The lowest BCUT2D eigenvalue weighted by atomic mass is 10.1. The molecular weight excluding hydrogens is 267 g/mol. The van der Waals surface area contributed by atoms with Gasteiger partial charge in [0.2, 0.25) is 0 Å². The van der Waals surface area contributed by atoms with Gasteiger partial charge >= 0.3 is 0 Å². The monoisotopic (exact) mass is 281 g/mol. The third-order valence-corrected chi connectivity index (χ3v) is 3.00. The van der Waals surface area contributed by atoms with E-state index in [4.69, 9.17) is 4.74 Å². The average Bonchev–Trinajstić information content (AvgIpc) is 2.42. The summed E-state index contributed by atoms with van der Waals surface area (Å²) in [6.07, 6.45) is 0. The lowest BCUT2D eigenvalue weighted by Gasteiger charge is -2.13. The maximum absolute atomic E-state index is 13.9. The first-order valence-electron chi connectivity index (χ1n) is 6.11. The maximum Gasteiger partial charge on any atom is 0.168 e. The highest BCUT2D eigenvalue weighted by Gasteiger charge is 2.12. The van der Waals surface area contributed by atoms with Crippen LogP contribution < -0.4 is 10.1 Å². The molecule has 0 aliphatic rings. The standard InChI is InChI=1S/C15H14F3NO/c1-9(19-2)10-3-5-14(12(17)7-10)20-15-6-4-11(16)8-13(15)18/h3-9,19H,1-2H3. The van der Waals surface area contributed by atoms with Gasteiger partial charge in [-0.1, -0.05) is 6.07 Å². The fourth-order valence-electron chi connectivity index (χ4n) is 1.71. The van der Waals surface area contributed by atoms with Crippen LogP contribution in [0.5, 0.6) is 11.5 Å². The Morgan fingerprint density at radius 1 is 0.950 bits per heavy atom. The van der Waals surface area contributed by atoms with E-state index in [-0.39, 0.29) is 17.5 Å². The SMILES string of the molecule is CNC(C)c1ccc(Oc2ccc(F)cc2F)c(F)c1. The van der Waals surface area contributed by atoms with E-state index in [1.54, 1.807) is 13.1 Å². The van der Waals surface area contributed by atoms with Gasteiger partial charge in [-0.3, -0.25) is 0 Å².